The third-order valence-electron chi connectivity index (χ3n) is 18.8. The Balaban J connectivity index is -0.000000726. The maximum atomic E-state index is 8.71. The van der Waals surface area contributed by atoms with Gasteiger partial charge in [0.2, 0.25) is 0 Å². The zero-order chi connectivity index (χ0) is 107. The summed E-state index contributed by atoms with van der Waals surface area (Å²) in [6.07, 6.45) is 0. The van der Waals surface area contributed by atoms with Crippen molar-refractivity contribution in [3.63, 3.8) is 0 Å². The van der Waals surface area contributed by atoms with Crippen molar-refractivity contribution in [3.8, 4) is 99.1 Å². The minimum atomic E-state index is 0.263. The Morgan fingerprint density at radius 3 is 0.620 bits per heavy atom. The molecule has 0 aliphatic heterocycles. The fourth-order valence-electron chi connectivity index (χ4n) is 11.8. The maximum Gasteiger partial charge on any atom is 0.101 e. The highest BCUT2D eigenvalue weighted by atomic mass is 14.3. The molecule has 0 aliphatic carbocycles. The number of aryl methyl sites for hydroxylation is 11. The number of hydrogen-bond donors (Lipinski definition) is 0. The van der Waals surface area contributed by atoms with E-state index in [4.69, 9.17) is 47.4 Å². The minimum Gasteiger partial charge on any atom is -0.192 e. The van der Waals surface area contributed by atoms with E-state index in [9.17, 15) is 0 Å². The second-order valence-electron chi connectivity index (χ2n) is 28.7. The van der Waals surface area contributed by atoms with E-state index in [-0.39, 0.29) is 5.56 Å². The van der Waals surface area contributed by atoms with Gasteiger partial charge >= 0.3 is 0 Å². The van der Waals surface area contributed by atoms with E-state index < -0.39 is 0 Å². The van der Waals surface area contributed by atoms with Gasteiger partial charge in [-0.3, -0.25) is 0 Å². The van der Waals surface area contributed by atoms with Crippen LogP contribution in [0.3, 0.4) is 0 Å². The predicted octanol–water partition coefficient (Wildman–Crippen LogP) is 37.7. The summed E-state index contributed by atoms with van der Waals surface area (Å²) in [6, 6.07) is 153. The first kappa shape index (κ1) is 131. The van der Waals surface area contributed by atoms with Gasteiger partial charge in [0.1, 0.15) is 12.1 Å². The van der Waals surface area contributed by atoms with Gasteiger partial charge in [-0.15, -0.1) is 0 Å². The van der Waals surface area contributed by atoms with E-state index in [2.05, 4.69) is 304 Å². The summed E-state index contributed by atoms with van der Waals surface area (Å²) in [7, 11) is 0. The molecule has 0 radical (unpaired) electrons. The van der Waals surface area contributed by atoms with Crippen molar-refractivity contribution in [2.24, 2.45) is 0 Å². The first-order valence-corrected chi connectivity index (χ1v) is 48.7. The lowest BCUT2D eigenvalue weighted by atomic mass is 10.0. The van der Waals surface area contributed by atoms with E-state index in [1.165, 1.54) is 107 Å². The van der Waals surface area contributed by atoms with E-state index in [1.807, 2.05) is 295 Å². The van der Waals surface area contributed by atoms with E-state index >= 15 is 0 Å². The molecular formula is C133H151N9. The van der Waals surface area contributed by atoms with Crippen LogP contribution in [0, 0.1) is 185 Å². The molecule has 0 heterocycles. The van der Waals surface area contributed by atoms with Gasteiger partial charge < -0.3 is 0 Å². The molecule has 0 fully saturated rings. The zero-order valence-electron chi connectivity index (χ0n) is 89.7. The molecular weight excluding hydrogens is 1720 g/mol. The summed E-state index contributed by atoms with van der Waals surface area (Å²) in [5, 5.41) is 77.5. The van der Waals surface area contributed by atoms with Crippen molar-refractivity contribution >= 4 is 0 Å². The Bertz CT molecular complexity index is 5990. The third kappa shape index (κ3) is 56.5. The molecule has 0 unspecified atom stereocenters. The molecule has 0 amide bonds. The Hall–Kier alpha value is -17.1. The highest BCUT2D eigenvalue weighted by Crippen LogP contribution is 2.26. The van der Waals surface area contributed by atoms with Gasteiger partial charge in [0.05, 0.1) is 92.6 Å². The van der Waals surface area contributed by atoms with Crippen molar-refractivity contribution in [1.82, 2.24) is 0 Å². The number of rotatable bonds is 4. The molecule has 9 heteroatoms. The van der Waals surface area contributed by atoms with Crippen LogP contribution in [0.1, 0.15) is 228 Å². The first-order chi connectivity index (χ1) is 69.1. The van der Waals surface area contributed by atoms with Gasteiger partial charge in [0.15, 0.2) is 0 Å². The van der Waals surface area contributed by atoms with Crippen LogP contribution in [0.2, 0.25) is 0 Å². The quantitative estimate of drug-likeness (QED) is 0.164. The molecule has 16 aromatic carbocycles. The summed E-state index contributed by atoms with van der Waals surface area (Å²) in [4.78, 5) is 0. The lowest BCUT2D eigenvalue weighted by molar-refractivity contribution is 1.33. The summed E-state index contributed by atoms with van der Waals surface area (Å²) in [5.74, 6) is 0. The monoisotopic (exact) mass is 1870 g/mol. The number of benzene rings is 16. The van der Waals surface area contributed by atoms with Crippen molar-refractivity contribution in [2.45, 2.75) is 194 Å². The summed E-state index contributed by atoms with van der Waals surface area (Å²) in [5.41, 5.74) is 28.3. The predicted molar refractivity (Wildman–Crippen MR) is 609 cm³/mol. The first-order valence-electron chi connectivity index (χ1n) is 48.7. The molecule has 0 bridgehead atoms. The van der Waals surface area contributed by atoms with Crippen molar-refractivity contribution in [3.05, 3.63) is 523 Å². The Labute approximate surface area is 857 Å². The number of nitrogens with zero attached hydrogens (tertiary/aromatic N) is 9. The maximum absolute atomic E-state index is 8.71. The standard InChI is InChI=1S/4C13H12.2C10H5N3.C9H6N2.C8H7N.4C7H8.8C2H6/c3*1-11-7-5-6-10-13(11)12-8-3-2-4-9-12;1-11-6-5-9-13(10-11)12-7-3-2-4-8-12;1-7-9(5-12)2-8(4-11)3-10(7)6-13;1-7-2-8(4-11)3-9(5-12)10(7)6-13;1-7-4-8(5-10)2-3-9(7)6-11;1-7-4-2-3-5-8(7)6-9;4*1-7-5-3-2-4-6-7;8*1-2/h4*2-10H,1H3;2*2-3H,1H3;2-4H,1H3;2-5H,1H3;4*2-6H,1H3;8*1-2H3. The molecule has 0 aliphatic rings. The minimum absolute atomic E-state index is 0.263. The smallest absolute Gasteiger partial charge is 0.101 e. The van der Waals surface area contributed by atoms with Crippen LogP contribution in [0.4, 0.5) is 0 Å². The third-order valence-corrected chi connectivity index (χ3v) is 18.8. The molecule has 16 aromatic rings. The van der Waals surface area contributed by atoms with Crippen molar-refractivity contribution in [2.75, 3.05) is 0 Å². The number of nitriles is 9. The number of hydrogen-bond acceptors (Lipinski definition) is 9. The van der Waals surface area contributed by atoms with Crippen LogP contribution in [-0.4, -0.2) is 0 Å². The van der Waals surface area contributed by atoms with Crippen molar-refractivity contribution < 1.29 is 0 Å². The molecule has 0 spiro atoms. The molecule has 142 heavy (non-hydrogen) atoms. The zero-order valence-corrected chi connectivity index (χ0v) is 89.7. The van der Waals surface area contributed by atoms with Crippen LogP contribution in [0.5, 0.6) is 0 Å². The molecule has 0 N–H and O–H groups in total. The molecule has 9 nitrogen and oxygen atoms in total. The van der Waals surface area contributed by atoms with E-state index in [0.29, 0.717) is 50.1 Å². The van der Waals surface area contributed by atoms with Gasteiger partial charge in [-0.25, -0.2) is 0 Å². The van der Waals surface area contributed by atoms with Gasteiger partial charge in [-0.2, -0.15) is 47.4 Å². The Kier molecular flexibility index (Phi) is 81.3. The molecule has 0 saturated carbocycles. The molecule has 0 saturated heterocycles. The molecule has 0 aromatic heterocycles. The van der Waals surface area contributed by atoms with Crippen LogP contribution >= 0.6 is 0 Å². The van der Waals surface area contributed by atoms with E-state index in [0.717, 1.165) is 16.7 Å². The van der Waals surface area contributed by atoms with Gasteiger partial charge in [0, 0.05) is 0 Å². The van der Waals surface area contributed by atoms with E-state index in [1.54, 1.807) is 38.1 Å². The van der Waals surface area contributed by atoms with Crippen LogP contribution in [-0.2, 0) is 0 Å². The molecule has 0 atom stereocenters. The summed E-state index contributed by atoms with van der Waals surface area (Å²) < 4.78 is 0. The summed E-state index contributed by atoms with van der Waals surface area (Å²) >= 11 is 0. The molecule has 16 rings (SSSR count). The van der Waals surface area contributed by atoms with Gasteiger partial charge in [-0.05, 0) is 215 Å². The lowest BCUT2D eigenvalue weighted by Crippen LogP contribution is -1.90. The van der Waals surface area contributed by atoms with Crippen LogP contribution in [0.25, 0.3) is 44.5 Å². The second kappa shape index (κ2) is 87.9. The van der Waals surface area contributed by atoms with Crippen LogP contribution < -0.4 is 0 Å². The average Bonchev–Trinajstić information content (AvgIpc) is 0.814. The van der Waals surface area contributed by atoms with Gasteiger partial charge in [0.25, 0.3) is 0 Å². The SMILES string of the molecule is CC.CC.CC.CC.CC.CC.CC.CC.Cc1c(C#N)cc(C#N)cc1C#N.Cc1cc(C#N)cc(C#N)c1C#N.Cc1cc(C#N)ccc1C#N.Cc1cccc(-c2ccccc2)c1.Cc1ccccc1.Cc1ccccc1.Cc1ccccc1.Cc1ccccc1.Cc1ccccc1-c1ccccc1.Cc1ccccc1-c1ccccc1.Cc1ccccc1-c1ccccc1.Cc1ccccc1C#N. The summed E-state index contributed by atoms with van der Waals surface area (Å²) in [6.45, 7) is 56.0. The fourth-order valence-corrected chi connectivity index (χ4v) is 11.8. The topological polar surface area (TPSA) is 214 Å². The Morgan fingerprint density at radius 1 is 0.141 bits per heavy atom. The van der Waals surface area contributed by atoms with Crippen LogP contribution in [0.15, 0.2) is 406 Å². The largest absolute Gasteiger partial charge is 0.192 e. The fraction of sp³-hybridized carbons (Fsp3) is 0.211. The van der Waals surface area contributed by atoms with Gasteiger partial charge in [-0.1, -0.05) is 497 Å². The Morgan fingerprint density at radius 2 is 0.373 bits per heavy atom. The lowest BCUT2D eigenvalue weighted by Gasteiger charge is -2.04. The van der Waals surface area contributed by atoms with Crippen molar-refractivity contribution in [1.29, 1.82) is 47.4 Å². The highest BCUT2D eigenvalue weighted by Gasteiger charge is 2.09. The normalized spacial score (nSPS) is 8.36. The average molecular weight is 1880 g/mol. The highest BCUT2D eigenvalue weighted by molar-refractivity contribution is 5.69. The molecule has 728 valence electrons. The second-order valence-corrected chi connectivity index (χ2v) is 28.7.